The molecule has 1 amide bonds. The molecule has 19 heavy (non-hydrogen) atoms. The Morgan fingerprint density at radius 1 is 1.32 bits per heavy atom. The van der Waals surface area contributed by atoms with Crippen molar-refractivity contribution in [2.24, 2.45) is 17.6 Å². The molecule has 0 spiro atoms. The van der Waals surface area contributed by atoms with E-state index < -0.39 is 0 Å². The number of aromatic nitrogens is 1. The van der Waals surface area contributed by atoms with Crippen molar-refractivity contribution >= 4 is 5.91 Å². The molecule has 3 N–H and O–H groups in total. The van der Waals surface area contributed by atoms with Crippen LogP contribution in [0, 0.1) is 11.8 Å². The largest absolute Gasteiger partial charge is 0.348 e. The smallest absolute Gasteiger partial charge is 0.270 e. The van der Waals surface area contributed by atoms with Crippen LogP contribution in [0.4, 0.5) is 0 Å². The van der Waals surface area contributed by atoms with Crippen molar-refractivity contribution in [2.75, 3.05) is 0 Å². The molecule has 1 aliphatic carbocycles. The third-order valence-electron chi connectivity index (χ3n) is 3.81. The van der Waals surface area contributed by atoms with Gasteiger partial charge in [0.2, 0.25) is 0 Å². The number of hydrogen-bond donors (Lipinski definition) is 2. The molecule has 1 heterocycles. The predicted octanol–water partition coefficient (Wildman–Crippen LogP) is 2.09. The number of nitrogens with one attached hydrogen (secondary N) is 1. The van der Waals surface area contributed by atoms with Gasteiger partial charge in [-0.2, -0.15) is 0 Å². The lowest BCUT2D eigenvalue weighted by molar-refractivity contribution is 0.0906. The standard InChI is InChI=1S/C15H23N3O/c1-10-5-11(2)7-13(6-10)18-15(19)14-4-3-12(8-16)9-17-14/h3-4,9-11,13H,5-8,16H2,1-2H3,(H,18,19). The summed E-state index contributed by atoms with van der Waals surface area (Å²) in [6.07, 6.45) is 5.06. The highest BCUT2D eigenvalue weighted by Gasteiger charge is 2.25. The first-order valence-electron chi connectivity index (χ1n) is 7.04. The van der Waals surface area contributed by atoms with Crippen molar-refractivity contribution in [1.29, 1.82) is 0 Å². The number of nitrogens with two attached hydrogens (primary N) is 1. The van der Waals surface area contributed by atoms with Gasteiger partial charge >= 0.3 is 0 Å². The summed E-state index contributed by atoms with van der Waals surface area (Å²) in [6.45, 7) is 4.96. The molecule has 1 fully saturated rings. The van der Waals surface area contributed by atoms with Crippen molar-refractivity contribution < 1.29 is 4.79 Å². The lowest BCUT2D eigenvalue weighted by Gasteiger charge is -2.31. The number of carbonyl (C=O) groups is 1. The van der Waals surface area contributed by atoms with Crippen molar-refractivity contribution in [2.45, 2.75) is 45.7 Å². The highest BCUT2D eigenvalue weighted by Crippen LogP contribution is 2.28. The van der Waals surface area contributed by atoms with E-state index in [-0.39, 0.29) is 11.9 Å². The Kier molecular flexibility index (Phi) is 4.53. The first-order chi connectivity index (χ1) is 9.08. The van der Waals surface area contributed by atoms with Gasteiger partial charge in [-0.3, -0.25) is 9.78 Å². The second-order valence-electron chi connectivity index (χ2n) is 5.84. The zero-order valence-corrected chi connectivity index (χ0v) is 11.7. The van der Waals surface area contributed by atoms with Gasteiger partial charge in [-0.1, -0.05) is 19.9 Å². The summed E-state index contributed by atoms with van der Waals surface area (Å²) in [6, 6.07) is 3.88. The van der Waals surface area contributed by atoms with E-state index in [4.69, 9.17) is 5.73 Å². The molecule has 0 radical (unpaired) electrons. The molecule has 1 aromatic heterocycles. The van der Waals surface area contributed by atoms with Gasteiger partial charge in [-0.15, -0.1) is 0 Å². The molecule has 0 saturated heterocycles. The fourth-order valence-electron chi connectivity index (χ4n) is 3.00. The third kappa shape index (κ3) is 3.77. The normalized spacial score (nSPS) is 27.0. The van der Waals surface area contributed by atoms with Gasteiger partial charge in [-0.05, 0) is 42.7 Å². The number of rotatable bonds is 3. The van der Waals surface area contributed by atoms with Gasteiger partial charge in [0.05, 0.1) is 0 Å². The molecule has 4 nitrogen and oxygen atoms in total. The summed E-state index contributed by atoms with van der Waals surface area (Å²) >= 11 is 0. The Balaban J connectivity index is 1.96. The Labute approximate surface area is 114 Å². The molecule has 2 atom stereocenters. The van der Waals surface area contributed by atoms with Crippen LogP contribution in [0.5, 0.6) is 0 Å². The maximum Gasteiger partial charge on any atom is 0.270 e. The quantitative estimate of drug-likeness (QED) is 0.875. The molecule has 0 bridgehead atoms. The first kappa shape index (κ1) is 14.0. The van der Waals surface area contributed by atoms with Crippen LogP contribution in [0.2, 0.25) is 0 Å². The molecular weight excluding hydrogens is 238 g/mol. The SMILES string of the molecule is CC1CC(C)CC(NC(=O)c2ccc(CN)cn2)C1. The van der Waals surface area contributed by atoms with Crippen LogP contribution in [-0.4, -0.2) is 16.9 Å². The van der Waals surface area contributed by atoms with Crippen LogP contribution < -0.4 is 11.1 Å². The lowest BCUT2D eigenvalue weighted by atomic mass is 9.80. The van der Waals surface area contributed by atoms with Crippen molar-refractivity contribution in [3.63, 3.8) is 0 Å². The molecule has 1 aliphatic rings. The van der Waals surface area contributed by atoms with Crippen LogP contribution in [0.15, 0.2) is 18.3 Å². The summed E-state index contributed by atoms with van der Waals surface area (Å²) in [7, 11) is 0. The highest BCUT2D eigenvalue weighted by molar-refractivity contribution is 5.92. The van der Waals surface area contributed by atoms with Crippen LogP contribution in [0.25, 0.3) is 0 Å². The lowest BCUT2D eigenvalue weighted by Crippen LogP contribution is -2.40. The average molecular weight is 261 g/mol. The van der Waals surface area contributed by atoms with Crippen LogP contribution in [-0.2, 0) is 6.54 Å². The molecule has 104 valence electrons. The third-order valence-corrected chi connectivity index (χ3v) is 3.81. The van der Waals surface area contributed by atoms with E-state index in [1.807, 2.05) is 6.07 Å². The summed E-state index contributed by atoms with van der Waals surface area (Å²) in [5.41, 5.74) is 6.93. The van der Waals surface area contributed by atoms with Gasteiger partial charge in [-0.25, -0.2) is 0 Å². The van der Waals surface area contributed by atoms with Gasteiger partial charge in [0.1, 0.15) is 5.69 Å². The van der Waals surface area contributed by atoms with E-state index in [1.165, 1.54) is 6.42 Å². The maximum absolute atomic E-state index is 12.1. The Hall–Kier alpha value is -1.42. The van der Waals surface area contributed by atoms with Crippen LogP contribution in [0.1, 0.15) is 49.2 Å². The van der Waals surface area contributed by atoms with Gasteiger partial charge < -0.3 is 11.1 Å². The first-order valence-corrected chi connectivity index (χ1v) is 7.04. The molecule has 0 aliphatic heterocycles. The second-order valence-corrected chi connectivity index (χ2v) is 5.84. The minimum absolute atomic E-state index is 0.0742. The van der Waals surface area contributed by atoms with Gasteiger partial charge in [0, 0.05) is 18.8 Å². The average Bonchev–Trinajstić information content (AvgIpc) is 2.37. The zero-order chi connectivity index (χ0) is 13.8. The number of hydrogen-bond acceptors (Lipinski definition) is 3. The fraction of sp³-hybridized carbons (Fsp3) is 0.600. The van der Waals surface area contributed by atoms with E-state index in [0.29, 0.717) is 24.1 Å². The molecule has 2 unspecified atom stereocenters. The molecule has 0 aromatic carbocycles. The Bertz CT molecular complexity index is 420. The molecule has 2 rings (SSSR count). The fourth-order valence-corrected chi connectivity index (χ4v) is 3.00. The Morgan fingerprint density at radius 2 is 2.00 bits per heavy atom. The number of pyridine rings is 1. The van der Waals surface area contributed by atoms with Crippen molar-refractivity contribution in [3.05, 3.63) is 29.6 Å². The van der Waals surface area contributed by atoms with Crippen molar-refractivity contribution in [3.8, 4) is 0 Å². The highest BCUT2D eigenvalue weighted by atomic mass is 16.1. The topological polar surface area (TPSA) is 68.0 Å². The number of amides is 1. The summed E-state index contributed by atoms with van der Waals surface area (Å²) in [4.78, 5) is 16.3. The maximum atomic E-state index is 12.1. The van der Waals surface area contributed by atoms with E-state index in [1.54, 1.807) is 12.3 Å². The molecule has 4 heteroatoms. The monoisotopic (exact) mass is 261 g/mol. The molecule has 1 saturated carbocycles. The zero-order valence-electron chi connectivity index (χ0n) is 11.7. The predicted molar refractivity (Wildman–Crippen MR) is 75.6 cm³/mol. The minimum atomic E-state index is -0.0742. The van der Waals surface area contributed by atoms with Gasteiger partial charge in [0.15, 0.2) is 0 Å². The van der Waals surface area contributed by atoms with E-state index >= 15 is 0 Å². The van der Waals surface area contributed by atoms with Gasteiger partial charge in [0.25, 0.3) is 5.91 Å². The second kappa shape index (κ2) is 6.15. The van der Waals surface area contributed by atoms with Crippen LogP contribution >= 0.6 is 0 Å². The molecule has 1 aromatic rings. The summed E-state index contributed by atoms with van der Waals surface area (Å²) in [5, 5.41) is 3.10. The Morgan fingerprint density at radius 3 is 2.53 bits per heavy atom. The van der Waals surface area contributed by atoms with Crippen molar-refractivity contribution in [1.82, 2.24) is 10.3 Å². The van der Waals surface area contributed by atoms with E-state index in [2.05, 4.69) is 24.1 Å². The van der Waals surface area contributed by atoms with Crippen LogP contribution in [0.3, 0.4) is 0 Å². The minimum Gasteiger partial charge on any atom is -0.348 e. The summed E-state index contributed by atoms with van der Waals surface area (Å²) < 4.78 is 0. The summed E-state index contributed by atoms with van der Waals surface area (Å²) in [5.74, 6) is 1.29. The number of carbonyl (C=O) groups excluding carboxylic acids is 1. The van der Waals surface area contributed by atoms with E-state index in [9.17, 15) is 4.79 Å². The van der Waals surface area contributed by atoms with E-state index in [0.717, 1.165) is 18.4 Å². The molecular formula is C15H23N3O. The number of nitrogens with zero attached hydrogens (tertiary/aromatic N) is 1.